The van der Waals surface area contributed by atoms with Gasteiger partial charge in [-0.2, -0.15) is 0 Å². The fourth-order valence-electron chi connectivity index (χ4n) is 3.03. The Kier molecular flexibility index (Phi) is 5.71. The average molecular weight is 380 g/mol. The van der Waals surface area contributed by atoms with Crippen molar-refractivity contribution >= 4 is 17.4 Å². The van der Waals surface area contributed by atoms with E-state index >= 15 is 0 Å². The molecule has 2 aliphatic rings. The van der Waals surface area contributed by atoms with E-state index in [1.54, 1.807) is 43.7 Å². The Labute approximate surface area is 164 Å². The normalized spacial score (nSPS) is 16.9. The highest BCUT2D eigenvalue weighted by molar-refractivity contribution is 6.18. The largest absolute Gasteiger partial charge is 0.493 e. The molecule has 6 heteroatoms. The fraction of sp³-hybridized carbons (Fsp3) is 0.318. The van der Waals surface area contributed by atoms with Gasteiger partial charge in [0.05, 0.1) is 24.9 Å². The molecule has 0 radical (unpaired) electrons. The van der Waals surface area contributed by atoms with Crippen molar-refractivity contribution in [3.8, 4) is 11.5 Å². The number of benzene rings is 1. The first-order valence-electron chi connectivity index (χ1n) is 9.16. The molecule has 1 aromatic carbocycles. The fourth-order valence-corrected chi connectivity index (χ4v) is 3.03. The zero-order valence-electron chi connectivity index (χ0n) is 16.3. The van der Waals surface area contributed by atoms with Crippen molar-refractivity contribution in [1.82, 2.24) is 4.90 Å². The van der Waals surface area contributed by atoms with Crippen LogP contribution in [0.4, 0.5) is 0 Å². The van der Waals surface area contributed by atoms with E-state index in [9.17, 15) is 9.59 Å². The van der Waals surface area contributed by atoms with Crippen molar-refractivity contribution in [2.24, 2.45) is 11.7 Å². The van der Waals surface area contributed by atoms with Crippen LogP contribution in [0.5, 0.6) is 11.5 Å². The molecule has 2 N–H and O–H groups in total. The van der Waals surface area contributed by atoms with Gasteiger partial charge in [0.25, 0.3) is 5.91 Å². The molecule has 28 heavy (non-hydrogen) atoms. The second-order valence-electron chi connectivity index (χ2n) is 7.03. The number of nitrogens with zero attached hydrogens (tertiary/aromatic N) is 1. The van der Waals surface area contributed by atoms with Gasteiger partial charge in [0.1, 0.15) is 5.94 Å². The molecule has 1 aromatic rings. The van der Waals surface area contributed by atoms with Crippen LogP contribution in [0.1, 0.15) is 32.3 Å². The number of methoxy groups -OCH3 is 1. The molecule has 3 rings (SSSR count). The molecule has 0 unspecified atom stereocenters. The van der Waals surface area contributed by atoms with E-state index in [1.165, 1.54) is 12.8 Å². The summed E-state index contributed by atoms with van der Waals surface area (Å²) < 4.78 is 11.3. The molecule has 1 aliphatic heterocycles. The highest BCUT2D eigenvalue weighted by Gasteiger charge is 2.23. The lowest BCUT2D eigenvalue weighted by Gasteiger charge is -2.26. The zero-order valence-corrected chi connectivity index (χ0v) is 16.3. The number of hydrogen-bond acceptors (Lipinski definition) is 5. The lowest BCUT2D eigenvalue weighted by molar-refractivity contribution is -0.112. The number of carbonyl (C=O) groups is 1. The molecule has 0 saturated heterocycles. The van der Waals surface area contributed by atoms with Crippen molar-refractivity contribution in [1.29, 1.82) is 0 Å². The van der Waals surface area contributed by atoms with Crippen LogP contribution in [0.2, 0.25) is 0 Å². The summed E-state index contributed by atoms with van der Waals surface area (Å²) in [7, 11) is 1.58. The molecule has 6 nitrogen and oxygen atoms in total. The standard InChI is InChI=1S/C22H24N2O4/c1-14-8-17(12-25)9-15(2)24(14)11-19(22(23)26)18-6-7-20(27-3)21(10-18)28-13-16-4-5-16/h6-11,16H,4-5,13H2,1-3H3,(H2,23,26). The summed E-state index contributed by atoms with van der Waals surface area (Å²) in [6.07, 6.45) is 7.43. The third-order valence-electron chi connectivity index (χ3n) is 4.78. The summed E-state index contributed by atoms with van der Waals surface area (Å²) in [4.78, 5) is 24.9. The number of primary amides is 1. The molecule has 1 aliphatic carbocycles. The van der Waals surface area contributed by atoms with Crippen LogP contribution in [0.3, 0.4) is 0 Å². The predicted octanol–water partition coefficient (Wildman–Crippen LogP) is 3.19. The molecular formula is C22H24N2O4. The lowest BCUT2D eigenvalue weighted by Crippen LogP contribution is -2.20. The molecule has 0 atom stereocenters. The number of allylic oxidation sites excluding steroid dienone is 5. The van der Waals surface area contributed by atoms with Crippen LogP contribution >= 0.6 is 0 Å². The van der Waals surface area contributed by atoms with E-state index in [0.29, 0.717) is 40.7 Å². The van der Waals surface area contributed by atoms with Crippen LogP contribution in [-0.4, -0.2) is 30.5 Å². The van der Waals surface area contributed by atoms with E-state index in [4.69, 9.17) is 15.2 Å². The molecule has 0 spiro atoms. The summed E-state index contributed by atoms with van der Waals surface area (Å²) >= 11 is 0. The number of carbonyl (C=O) groups excluding carboxylic acids is 2. The number of amides is 1. The Bertz CT molecular complexity index is 910. The van der Waals surface area contributed by atoms with Crippen LogP contribution in [0.25, 0.3) is 5.57 Å². The Morgan fingerprint density at radius 2 is 1.93 bits per heavy atom. The first-order chi connectivity index (χ1) is 13.4. The second kappa shape index (κ2) is 8.19. The van der Waals surface area contributed by atoms with Gasteiger partial charge in [0, 0.05) is 17.6 Å². The molecule has 0 aromatic heterocycles. The molecule has 146 valence electrons. The van der Waals surface area contributed by atoms with Gasteiger partial charge in [-0.1, -0.05) is 6.07 Å². The third-order valence-corrected chi connectivity index (χ3v) is 4.78. The first-order valence-corrected chi connectivity index (χ1v) is 9.16. The van der Waals surface area contributed by atoms with E-state index in [-0.39, 0.29) is 0 Å². The number of nitrogens with two attached hydrogens (primary N) is 1. The van der Waals surface area contributed by atoms with Gasteiger partial charge < -0.3 is 20.1 Å². The molecule has 1 saturated carbocycles. The number of rotatable bonds is 7. The van der Waals surface area contributed by atoms with Gasteiger partial charge in [-0.05, 0) is 62.5 Å². The van der Waals surface area contributed by atoms with Gasteiger partial charge in [0.15, 0.2) is 11.5 Å². The molecule has 1 amide bonds. The van der Waals surface area contributed by atoms with Crippen molar-refractivity contribution in [3.63, 3.8) is 0 Å². The number of ether oxygens (including phenoxy) is 2. The van der Waals surface area contributed by atoms with Crippen molar-refractivity contribution in [3.05, 3.63) is 59.1 Å². The monoisotopic (exact) mass is 380 g/mol. The Morgan fingerprint density at radius 3 is 2.46 bits per heavy atom. The SMILES string of the molecule is COc1ccc(C(=CN2C(C)=CC(=C=O)C=C2C)C(N)=O)cc1OCC1CC1. The summed E-state index contributed by atoms with van der Waals surface area (Å²) in [5.74, 6) is 3.11. The Balaban J connectivity index is 1.96. The maximum atomic E-state index is 12.2. The van der Waals surface area contributed by atoms with E-state index in [0.717, 1.165) is 11.4 Å². The highest BCUT2D eigenvalue weighted by atomic mass is 16.5. The summed E-state index contributed by atoms with van der Waals surface area (Å²) in [6, 6.07) is 5.32. The van der Waals surface area contributed by atoms with Gasteiger partial charge in [0.2, 0.25) is 0 Å². The average Bonchev–Trinajstić information content (AvgIpc) is 3.49. The minimum Gasteiger partial charge on any atom is -0.493 e. The summed E-state index contributed by atoms with van der Waals surface area (Å²) in [6.45, 7) is 4.33. The Hall–Kier alpha value is -3.24. The first kappa shape index (κ1) is 19.5. The van der Waals surface area contributed by atoms with Crippen LogP contribution in [-0.2, 0) is 9.59 Å². The Morgan fingerprint density at radius 1 is 1.25 bits per heavy atom. The van der Waals surface area contributed by atoms with Crippen LogP contribution < -0.4 is 15.2 Å². The van der Waals surface area contributed by atoms with E-state index in [2.05, 4.69) is 0 Å². The third kappa shape index (κ3) is 4.35. The van der Waals surface area contributed by atoms with Crippen LogP contribution in [0.15, 0.2) is 53.5 Å². The van der Waals surface area contributed by atoms with Gasteiger partial charge in [-0.3, -0.25) is 4.79 Å². The zero-order chi connectivity index (χ0) is 20.3. The van der Waals surface area contributed by atoms with Crippen LogP contribution in [0, 0.1) is 5.92 Å². The molecular weight excluding hydrogens is 356 g/mol. The molecule has 1 heterocycles. The summed E-state index contributed by atoms with van der Waals surface area (Å²) in [5.41, 5.74) is 8.67. The van der Waals surface area contributed by atoms with Crippen molar-refractivity contribution in [2.45, 2.75) is 26.7 Å². The van der Waals surface area contributed by atoms with Crippen molar-refractivity contribution < 1.29 is 19.1 Å². The predicted molar refractivity (Wildman–Crippen MR) is 107 cm³/mol. The smallest absolute Gasteiger partial charge is 0.250 e. The van der Waals surface area contributed by atoms with Crippen molar-refractivity contribution in [2.75, 3.05) is 13.7 Å². The minimum atomic E-state index is -0.560. The maximum absolute atomic E-state index is 12.2. The quantitative estimate of drug-likeness (QED) is 0.580. The lowest BCUT2D eigenvalue weighted by atomic mass is 10.0. The van der Waals surface area contributed by atoms with Gasteiger partial charge in [-0.15, -0.1) is 0 Å². The number of hydrogen-bond donors (Lipinski definition) is 1. The highest BCUT2D eigenvalue weighted by Crippen LogP contribution is 2.35. The minimum absolute atomic E-state index is 0.331. The van der Waals surface area contributed by atoms with Gasteiger partial charge in [-0.25, -0.2) is 4.79 Å². The van der Waals surface area contributed by atoms with E-state index < -0.39 is 5.91 Å². The van der Waals surface area contributed by atoms with E-state index in [1.807, 2.05) is 24.7 Å². The maximum Gasteiger partial charge on any atom is 0.250 e. The molecule has 1 fully saturated rings. The summed E-state index contributed by atoms with van der Waals surface area (Å²) in [5, 5.41) is 0. The second-order valence-corrected chi connectivity index (χ2v) is 7.03. The van der Waals surface area contributed by atoms with Gasteiger partial charge >= 0.3 is 0 Å². The molecule has 0 bridgehead atoms. The topological polar surface area (TPSA) is 81.9 Å².